The molecule has 3 aromatic carbocycles. The van der Waals surface area contributed by atoms with Crippen LogP contribution in [0.3, 0.4) is 0 Å². The number of carbonyl (C=O) groups is 2. The fraction of sp³-hybridized carbons (Fsp3) is 0.241. The molecule has 2 N–H and O–H groups in total. The Balaban J connectivity index is 1.58. The Morgan fingerprint density at radius 2 is 1.64 bits per heavy atom. The number of halogens is 2. The van der Waals surface area contributed by atoms with Crippen molar-refractivity contribution >= 4 is 49.0 Å². The number of amides is 1. The van der Waals surface area contributed by atoms with E-state index in [1.165, 1.54) is 48.5 Å². The number of nitrogens with one attached hydrogen (secondary N) is 2. The Kier molecular flexibility index (Phi) is 10.6. The third-order valence-electron chi connectivity index (χ3n) is 6.34. The normalized spacial score (nSPS) is 13.5. The van der Waals surface area contributed by atoms with Crippen LogP contribution < -0.4 is 14.8 Å². The maximum atomic E-state index is 13.4. The summed E-state index contributed by atoms with van der Waals surface area (Å²) in [6.45, 7) is -1.62. The van der Waals surface area contributed by atoms with Gasteiger partial charge in [-0.1, -0.05) is 55.5 Å². The zero-order valence-electron chi connectivity index (χ0n) is 23.7. The van der Waals surface area contributed by atoms with E-state index in [1.807, 2.05) is 0 Å². The van der Waals surface area contributed by atoms with Crippen molar-refractivity contribution in [3.8, 4) is 5.75 Å². The standard InChI is InChI=1S/C29H28F2N4O8S2/c1-2-21(26(36)28-35-22-13-7-9-15-25(22)42-28)34-27(37)23(32-18-33-45(40,41)20-11-4-3-5-12-20)17-44(38,39)16-19-10-6-8-14-24(19)43-29(30)31/h3-15,18,21,23,29H,2,16-17H2,1H3,(H,32,33)(H,34,37)/t21-,23-/m0/s1. The summed E-state index contributed by atoms with van der Waals surface area (Å²) in [5, 5.41) is 2.44. The number of hydrogen-bond donors (Lipinski definition) is 2. The highest BCUT2D eigenvalue weighted by Crippen LogP contribution is 2.23. The number of Topliss-reactive ketones (excluding diaryl/α,β-unsaturated/α-hetero) is 1. The average Bonchev–Trinajstić information content (AvgIpc) is 3.44. The molecule has 0 radical (unpaired) electrons. The van der Waals surface area contributed by atoms with Gasteiger partial charge in [-0.15, -0.1) is 0 Å². The zero-order valence-corrected chi connectivity index (χ0v) is 25.3. The fourth-order valence-electron chi connectivity index (χ4n) is 4.16. The molecule has 0 spiro atoms. The van der Waals surface area contributed by atoms with E-state index >= 15 is 0 Å². The Labute approximate surface area is 257 Å². The summed E-state index contributed by atoms with van der Waals surface area (Å²) in [4.78, 5) is 34.5. The molecule has 12 nitrogen and oxygen atoms in total. The summed E-state index contributed by atoms with van der Waals surface area (Å²) in [6, 6.07) is 16.1. The number of carbonyl (C=O) groups excluding carboxylic acids is 2. The summed E-state index contributed by atoms with van der Waals surface area (Å²) in [6.07, 6.45) is 0.727. The molecule has 45 heavy (non-hydrogen) atoms. The van der Waals surface area contributed by atoms with Gasteiger partial charge in [0.1, 0.15) is 17.3 Å². The van der Waals surface area contributed by atoms with Crippen LogP contribution in [0.4, 0.5) is 8.78 Å². The summed E-state index contributed by atoms with van der Waals surface area (Å²) in [5.74, 6) is -4.13. The minimum Gasteiger partial charge on any atom is -0.435 e. The Bertz CT molecular complexity index is 1870. The van der Waals surface area contributed by atoms with Crippen LogP contribution in [0.1, 0.15) is 29.6 Å². The van der Waals surface area contributed by atoms with Gasteiger partial charge < -0.3 is 14.5 Å². The molecular weight excluding hydrogens is 634 g/mol. The van der Waals surface area contributed by atoms with Crippen LogP contribution in [0.5, 0.6) is 5.75 Å². The maximum Gasteiger partial charge on any atom is 0.387 e. The van der Waals surface area contributed by atoms with Crippen LogP contribution >= 0.6 is 0 Å². The van der Waals surface area contributed by atoms with E-state index in [9.17, 15) is 35.2 Å². The molecule has 0 saturated carbocycles. The number of para-hydroxylation sites is 3. The predicted octanol–water partition coefficient (Wildman–Crippen LogP) is 3.50. The first-order chi connectivity index (χ1) is 21.4. The minimum atomic E-state index is -4.28. The molecule has 0 saturated heterocycles. The zero-order chi connectivity index (χ0) is 32.6. The van der Waals surface area contributed by atoms with Crippen molar-refractivity contribution in [1.29, 1.82) is 0 Å². The van der Waals surface area contributed by atoms with Gasteiger partial charge in [0.2, 0.25) is 11.7 Å². The van der Waals surface area contributed by atoms with E-state index in [1.54, 1.807) is 37.3 Å². The largest absolute Gasteiger partial charge is 0.435 e. The molecule has 4 rings (SSSR count). The highest BCUT2D eigenvalue weighted by molar-refractivity contribution is 7.90. The van der Waals surface area contributed by atoms with Crippen molar-refractivity contribution in [2.45, 2.75) is 42.7 Å². The first-order valence-corrected chi connectivity index (χ1v) is 16.7. The van der Waals surface area contributed by atoms with Crippen LogP contribution in [0, 0.1) is 0 Å². The molecule has 0 aliphatic heterocycles. The lowest BCUT2D eigenvalue weighted by Gasteiger charge is -2.18. The number of hydrogen-bond acceptors (Lipinski definition) is 10. The molecule has 0 aliphatic rings. The number of ketones is 1. The number of oxazole rings is 1. The number of sulfonamides is 1. The average molecular weight is 663 g/mol. The van der Waals surface area contributed by atoms with Gasteiger partial charge in [-0.25, -0.2) is 21.8 Å². The minimum absolute atomic E-state index is 0.0610. The van der Waals surface area contributed by atoms with E-state index in [0.717, 1.165) is 0 Å². The van der Waals surface area contributed by atoms with Crippen LogP contribution in [-0.2, 0) is 30.4 Å². The molecule has 0 fully saturated rings. The number of alkyl halides is 2. The lowest BCUT2D eigenvalue weighted by atomic mass is 10.1. The van der Waals surface area contributed by atoms with Crippen LogP contribution in [0.25, 0.3) is 11.1 Å². The molecular formula is C29H28F2N4O8S2. The van der Waals surface area contributed by atoms with Gasteiger partial charge in [-0.3, -0.25) is 19.3 Å². The van der Waals surface area contributed by atoms with E-state index < -0.39 is 61.8 Å². The second-order valence-electron chi connectivity index (χ2n) is 9.59. The van der Waals surface area contributed by atoms with Crippen molar-refractivity contribution in [3.63, 3.8) is 0 Å². The monoisotopic (exact) mass is 662 g/mol. The van der Waals surface area contributed by atoms with E-state index in [4.69, 9.17) is 4.42 Å². The third kappa shape index (κ3) is 8.92. The van der Waals surface area contributed by atoms with Gasteiger partial charge >= 0.3 is 6.61 Å². The second kappa shape index (κ2) is 14.4. The Hall–Kier alpha value is -4.70. The molecule has 1 amide bonds. The molecule has 1 aromatic heterocycles. The Morgan fingerprint density at radius 3 is 2.33 bits per heavy atom. The van der Waals surface area contributed by atoms with Crippen molar-refractivity contribution in [2.75, 3.05) is 5.75 Å². The van der Waals surface area contributed by atoms with Crippen molar-refractivity contribution in [3.05, 3.63) is 90.3 Å². The topological polar surface area (TPSA) is 174 Å². The molecule has 0 bridgehead atoms. The number of nitrogens with zero attached hydrogens (tertiary/aromatic N) is 2. The number of aromatic nitrogens is 1. The van der Waals surface area contributed by atoms with E-state index in [2.05, 4.69) is 24.8 Å². The van der Waals surface area contributed by atoms with Gasteiger partial charge in [-0.05, 0) is 36.8 Å². The summed E-state index contributed by atoms with van der Waals surface area (Å²) in [5.41, 5.74) is 0.665. The predicted molar refractivity (Wildman–Crippen MR) is 160 cm³/mol. The molecule has 0 aliphatic carbocycles. The van der Waals surface area contributed by atoms with Gasteiger partial charge in [0.05, 0.1) is 28.8 Å². The fourth-order valence-corrected chi connectivity index (χ4v) is 6.56. The molecule has 1 heterocycles. The highest BCUT2D eigenvalue weighted by atomic mass is 32.2. The maximum absolute atomic E-state index is 13.4. The number of sulfone groups is 1. The number of aliphatic imine (C=N–C) groups is 1. The third-order valence-corrected chi connectivity index (χ3v) is 9.22. The quantitative estimate of drug-likeness (QED) is 0.110. The molecule has 0 unspecified atom stereocenters. The van der Waals surface area contributed by atoms with E-state index in [0.29, 0.717) is 17.4 Å². The lowest BCUT2D eigenvalue weighted by Crippen LogP contribution is -2.47. The second-order valence-corrected chi connectivity index (χ2v) is 13.4. The van der Waals surface area contributed by atoms with Gasteiger partial charge in [0.15, 0.2) is 15.4 Å². The number of ether oxygens (including phenoxy) is 1. The smallest absolute Gasteiger partial charge is 0.387 e. The van der Waals surface area contributed by atoms with Gasteiger partial charge in [-0.2, -0.15) is 8.78 Å². The van der Waals surface area contributed by atoms with Crippen LogP contribution in [0.15, 0.2) is 93.2 Å². The van der Waals surface area contributed by atoms with Crippen molar-refractivity contribution in [2.24, 2.45) is 4.99 Å². The number of rotatable bonds is 15. The van der Waals surface area contributed by atoms with Gasteiger partial charge in [0.25, 0.3) is 15.9 Å². The van der Waals surface area contributed by atoms with Crippen LogP contribution in [0.2, 0.25) is 0 Å². The van der Waals surface area contributed by atoms with Crippen LogP contribution in [-0.4, -0.2) is 64.3 Å². The number of benzene rings is 3. The summed E-state index contributed by atoms with van der Waals surface area (Å²) in [7, 11) is -8.40. The van der Waals surface area contributed by atoms with E-state index in [-0.39, 0.29) is 28.5 Å². The molecule has 2 atom stereocenters. The molecule has 16 heteroatoms. The highest BCUT2D eigenvalue weighted by Gasteiger charge is 2.31. The molecule has 4 aromatic rings. The molecule has 238 valence electrons. The number of fused-ring (bicyclic) bond motifs is 1. The van der Waals surface area contributed by atoms with Crippen molar-refractivity contribution < 1.29 is 44.4 Å². The lowest BCUT2D eigenvalue weighted by molar-refractivity contribution is -0.122. The SMILES string of the molecule is CC[C@H](NC(=O)[C@H](CS(=O)(=O)Cc1ccccc1OC(F)F)N=CNS(=O)(=O)c1ccccc1)C(=O)c1nc2ccccc2o1. The van der Waals surface area contributed by atoms with Gasteiger partial charge in [0, 0.05) is 5.56 Å². The first kappa shape index (κ1) is 33.2. The summed E-state index contributed by atoms with van der Waals surface area (Å²) < 4.78 is 89.4. The Morgan fingerprint density at radius 1 is 0.978 bits per heavy atom. The summed E-state index contributed by atoms with van der Waals surface area (Å²) >= 11 is 0. The first-order valence-electron chi connectivity index (χ1n) is 13.4. The van der Waals surface area contributed by atoms with Crippen molar-refractivity contribution in [1.82, 2.24) is 15.0 Å².